The van der Waals surface area contributed by atoms with Gasteiger partial charge in [-0.05, 0) is 71.1 Å². The number of benzene rings is 2. The molecule has 112 valence electrons. The van der Waals surface area contributed by atoms with Gasteiger partial charge in [0.15, 0.2) is 0 Å². The molecule has 3 heteroatoms. The molecule has 0 fully saturated rings. The molecule has 1 N–H and O–H groups in total. The summed E-state index contributed by atoms with van der Waals surface area (Å²) in [4.78, 5) is 0. The standard InChI is InChI=1S/C18H21BrClN/c1-3-10-21-18(12-14-7-5-4-6-13(14)2)15-8-9-17(20)16(19)11-15/h4-9,11,18,21H,3,10,12H2,1-2H3. The van der Waals surface area contributed by atoms with E-state index in [1.54, 1.807) is 0 Å². The highest BCUT2D eigenvalue weighted by atomic mass is 79.9. The minimum Gasteiger partial charge on any atom is -0.310 e. The van der Waals surface area contributed by atoms with Gasteiger partial charge in [0.2, 0.25) is 0 Å². The zero-order chi connectivity index (χ0) is 15.2. The predicted octanol–water partition coefficient (Wildman–Crippen LogP) is 5.69. The molecule has 1 nitrogen and oxygen atoms in total. The summed E-state index contributed by atoms with van der Waals surface area (Å²) in [6.07, 6.45) is 2.11. The van der Waals surface area contributed by atoms with Gasteiger partial charge in [-0.15, -0.1) is 0 Å². The Balaban J connectivity index is 2.25. The van der Waals surface area contributed by atoms with E-state index >= 15 is 0 Å². The fraction of sp³-hybridized carbons (Fsp3) is 0.333. The number of aryl methyl sites for hydroxylation is 1. The van der Waals surface area contributed by atoms with Crippen molar-refractivity contribution in [3.8, 4) is 0 Å². The Morgan fingerprint density at radius 3 is 2.62 bits per heavy atom. The summed E-state index contributed by atoms with van der Waals surface area (Å²) >= 11 is 9.63. The van der Waals surface area contributed by atoms with E-state index in [0.717, 1.165) is 28.9 Å². The van der Waals surface area contributed by atoms with Crippen LogP contribution in [0.5, 0.6) is 0 Å². The van der Waals surface area contributed by atoms with Gasteiger partial charge in [-0.1, -0.05) is 48.9 Å². The molecule has 21 heavy (non-hydrogen) atoms. The Hall–Kier alpha value is -0.830. The van der Waals surface area contributed by atoms with E-state index in [1.807, 2.05) is 6.07 Å². The molecule has 0 aromatic heterocycles. The van der Waals surface area contributed by atoms with Crippen molar-refractivity contribution in [2.45, 2.75) is 32.7 Å². The molecule has 0 heterocycles. The predicted molar refractivity (Wildman–Crippen MR) is 95.1 cm³/mol. The van der Waals surface area contributed by atoms with Gasteiger partial charge in [0.25, 0.3) is 0 Å². The normalized spacial score (nSPS) is 12.4. The maximum absolute atomic E-state index is 6.11. The van der Waals surface area contributed by atoms with Crippen molar-refractivity contribution in [2.75, 3.05) is 6.54 Å². The van der Waals surface area contributed by atoms with Gasteiger partial charge in [0, 0.05) is 10.5 Å². The lowest BCUT2D eigenvalue weighted by atomic mass is 9.96. The highest BCUT2D eigenvalue weighted by Crippen LogP contribution is 2.28. The van der Waals surface area contributed by atoms with Crippen LogP contribution in [0.4, 0.5) is 0 Å². The Morgan fingerprint density at radius 2 is 1.95 bits per heavy atom. The average molecular weight is 367 g/mol. The van der Waals surface area contributed by atoms with Crippen LogP contribution in [0.25, 0.3) is 0 Å². The molecule has 0 saturated carbocycles. The maximum atomic E-state index is 6.11. The Kier molecular flexibility index (Phi) is 6.28. The lowest BCUT2D eigenvalue weighted by Gasteiger charge is -2.21. The number of hydrogen-bond donors (Lipinski definition) is 1. The maximum Gasteiger partial charge on any atom is 0.0548 e. The van der Waals surface area contributed by atoms with Gasteiger partial charge in [-0.25, -0.2) is 0 Å². The fourth-order valence-corrected chi connectivity index (χ4v) is 2.93. The van der Waals surface area contributed by atoms with Crippen molar-refractivity contribution in [3.63, 3.8) is 0 Å². The zero-order valence-corrected chi connectivity index (χ0v) is 14.8. The van der Waals surface area contributed by atoms with E-state index in [9.17, 15) is 0 Å². The van der Waals surface area contributed by atoms with Gasteiger partial charge < -0.3 is 5.32 Å². The first kappa shape index (κ1) is 16.5. The lowest BCUT2D eigenvalue weighted by molar-refractivity contribution is 0.528. The molecule has 2 rings (SSSR count). The van der Waals surface area contributed by atoms with Crippen molar-refractivity contribution in [2.24, 2.45) is 0 Å². The van der Waals surface area contributed by atoms with Gasteiger partial charge in [-0.3, -0.25) is 0 Å². The van der Waals surface area contributed by atoms with Crippen LogP contribution in [-0.4, -0.2) is 6.54 Å². The van der Waals surface area contributed by atoms with E-state index in [4.69, 9.17) is 11.6 Å². The average Bonchev–Trinajstić information content (AvgIpc) is 2.48. The highest BCUT2D eigenvalue weighted by molar-refractivity contribution is 9.10. The molecule has 0 aliphatic carbocycles. The topological polar surface area (TPSA) is 12.0 Å². The molecule has 0 aliphatic rings. The summed E-state index contributed by atoms with van der Waals surface area (Å²) in [5, 5.41) is 4.40. The third-order valence-electron chi connectivity index (χ3n) is 3.67. The van der Waals surface area contributed by atoms with Crippen LogP contribution in [0.1, 0.15) is 36.1 Å². The summed E-state index contributed by atoms with van der Waals surface area (Å²) in [7, 11) is 0. The number of nitrogens with one attached hydrogen (secondary N) is 1. The Labute approximate surface area is 140 Å². The number of hydrogen-bond acceptors (Lipinski definition) is 1. The molecule has 0 bridgehead atoms. The van der Waals surface area contributed by atoms with Crippen LogP contribution >= 0.6 is 27.5 Å². The summed E-state index contributed by atoms with van der Waals surface area (Å²) in [5.74, 6) is 0. The Morgan fingerprint density at radius 1 is 1.19 bits per heavy atom. The molecule has 2 aromatic carbocycles. The molecular weight excluding hydrogens is 346 g/mol. The fourth-order valence-electron chi connectivity index (χ4n) is 2.41. The van der Waals surface area contributed by atoms with E-state index < -0.39 is 0 Å². The van der Waals surface area contributed by atoms with Crippen molar-refractivity contribution < 1.29 is 0 Å². The van der Waals surface area contributed by atoms with Crippen molar-refractivity contribution >= 4 is 27.5 Å². The van der Waals surface area contributed by atoms with Gasteiger partial charge in [0.05, 0.1) is 5.02 Å². The molecule has 1 unspecified atom stereocenters. The number of halogens is 2. The van der Waals surface area contributed by atoms with E-state index in [2.05, 4.69) is 71.5 Å². The second-order valence-corrected chi connectivity index (χ2v) is 6.57. The van der Waals surface area contributed by atoms with Crippen LogP contribution in [0.2, 0.25) is 5.02 Å². The lowest BCUT2D eigenvalue weighted by Crippen LogP contribution is -2.24. The minimum atomic E-state index is 0.305. The van der Waals surface area contributed by atoms with Gasteiger partial charge in [-0.2, -0.15) is 0 Å². The molecule has 0 saturated heterocycles. The van der Waals surface area contributed by atoms with Crippen molar-refractivity contribution in [1.82, 2.24) is 5.32 Å². The number of rotatable bonds is 6. The highest BCUT2D eigenvalue weighted by Gasteiger charge is 2.14. The summed E-state index contributed by atoms with van der Waals surface area (Å²) in [6.45, 7) is 5.37. The third-order valence-corrected chi connectivity index (χ3v) is 4.89. The summed E-state index contributed by atoms with van der Waals surface area (Å²) in [6, 6.07) is 15.1. The first-order valence-corrected chi connectivity index (χ1v) is 8.51. The Bertz CT molecular complexity index is 598. The third kappa shape index (κ3) is 4.57. The molecule has 0 radical (unpaired) electrons. The van der Waals surface area contributed by atoms with Crippen LogP contribution in [0.3, 0.4) is 0 Å². The van der Waals surface area contributed by atoms with Crippen LogP contribution in [-0.2, 0) is 6.42 Å². The first-order chi connectivity index (χ1) is 10.1. The van der Waals surface area contributed by atoms with E-state index in [0.29, 0.717) is 6.04 Å². The molecule has 0 amide bonds. The second kappa shape index (κ2) is 7.98. The van der Waals surface area contributed by atoms with Gasteiger partial charge >= 0.3 is 0 Å². The van der Waals surface area contributed by atoms with Crippen LogP contribution in [0, 0.1) is 6.92 Å². The molecule has 2 aromatic rings. The molecule has 0 aliphatic heterocycles. The quantitative estimate of drug-likeness (QED) is 0.692. The van der Waals surface area contributed by atoms with Crippen molar-refractivity contribution in [1.29, 1.82) is 0 Å². The summed E-state index contributed by atoms with van der Waals surface area (Å²) < 4.78 is 0.953. The zero-order valence-electron chi connectivity index (χ0n) is 12.5. The second-order valence-electron chi connectivity index (χ2n) is 5.31. The monoisotopic (exact) mass is 365 g/mol. The van der Waals surface area contributed by atoms with Crippen LogP contribution < -0.4 is 5.32 Å². The summed E-state index contributed by atoms with van der Waals surface area (Å²) in [5.41, 5.74) is 3.99. The largest absolute Gasteiger partial charge is 0.310 e. The minimum absolute atomic E-state index is 0.305. The molecular formula is C18H21BrClN. The van der Waals surface area contributed by atoms with E-state index in [1.165, 1.54) is 16.7 Å². The van der Waals surface area contributed by atoms with Crippen molar-refractivity contribution in [3.05, 3.63) is 68.7 Å². The van der Waals surface area contributed by atoms with Crippen LogP contribution in [0.15, 0.2) is 46.9 Å². The molecule has 0 spiro atoms. The first-order valence-electron chi connectivity index (χ1n) is 7.34. The SMILES string of the molecule is CCCNC(Cc1ccccc1C)c1ccc(Cl)c(Br)c1. The molecule has 1 atom stereocenters. The van der Waals surface area contributed by atoms with Gasteiger partial charge in [0.1, 0.15) is 0 Å². The smallest absolute Gasteiger partial charge is 0.0548 e. The van der Waals surface area contributed by atoms with E-state index in [-0.39, 0.29) is 0 Å².